The van der Waals surface area contributed by atoms with Gasteiger partial charge in [0, 0.05) is 24.0 Å². The second-order valence-electron chi connectivity index (χ2n) is 6.86. The molecular weight excluding hydrogens is 436 g/mol. The zero-order valence-electron chi connectivity index (χ0n) is 16.2. The number of fused-ring (bicyclic) bond motifs is 1. The lowest BCUT2D eigenvalue weighted by molar-refractivity contribution is -0.121. The molecule has 1 aliphatic heterocycles. The molecule has 1 aliphatic rings. The number of benzene rings is 2. The molecule has 29 heavy (non-hydrogen) atoms. The number of rotatable bonds is 9. The second-order valence-corrected chi connectivity index (χ2v) is 7.77. The van der Waals surface area contributed by atoms with Crippen molar-refractivity contribution in [3.05, 3.63) is 63.6 Å². The van der Waals surface area contributed by atoms with Crippen LogP contribution < -0.4 is 10.1 Å². The Morgan fingerprint density at radius 1 is 1.03 bits per heavy atom. The van der Waals surface area contributed by atoms with Gasteiger partial charge in [-0.25, -0.2) is 0 Å². The molecular formula is C22H23BrN2O4. The van der Waals surface area contributed by atoms with E-state index in [1.165, 1.54) is 10.5 Å². The summed E-state index contributed by atoms with van der Waals surface area (Å²) < 4.78 is 5.89. The van der Waals surface area contributed by atoms with Gasteiger partial charge in [-0.15, -0.1) is 0 Å². The van der Waals surface area contributed by atoms with Crippen LogP contribution in [0.3, 0.4) is 0 Å². The van der Waals surface area contributed by atoms with Gasteiger partial charge in [-0.2, -0.15) is 0 Å². The molecule has 2 aromatic carbocycles. The Labute approximate surface area is 178 Å². The van der Waals surface area contributed by atoms with Crippen molar-refractivity contribution < 1.29 is 19.1 Å². The minimum atomic E-state index is -0.300. The lowest BCUT2D eigenvalue weighted by Crippen LogP contribution is -2.32. The fourth-order valence-electron chi connectivity index (χ4n) is 3.26. The van der Waals surface area contributed by atoms with Crippen molar-refractivity contribution >= 4 is 33.7 Å². The Morgan fingerprint density at radius 2 is 1.76 bits per heavy atom. The van der Waals surface area contributed by atoms with Crippen molar-refractivity contribution in [2.75, 3.05) is 20.2 Å². The molecule has 0 spiro atoms. The number of hydrogen-bond donors (Lipinski definition) is 1. The van der Waals surface area contributed by atoms with Crippen LogP contribution in [0.2, 0.25) is 0 Å². The molecule has 1 N–H and O–H groups in total. The number of ether oxygens (including phenoxy) is 1. The maximum Gasteiger partial charge on any atom is 0.261 e. The molecule has 0 radical (unpaired) electrons. The van der Waals surface area contributed by atoms with Gasteiger partial charge in [-0.05, 0) is 55.2 Å². The number of amides is 3. The van der Waals surface area contributed by atoms with Crippen LogP contribution in [0.25, 0.3) is 0 Å². The van der Waals surface area contributed by atoms with Crippen molar-refractivity contribution in [3.63, 3.8) is 0 Å². The number of hydrogen-bond acceptors (Lipinski definition) is 4. The first-order valence-electron chi connectivity index (χ1n) is 9.55. The number of methoxy groups -OCH3 is 1. The minimum Gasteiger partial charge on any atom is -0.497 e. The van der Waals surface area contributed by atoms with Crippen LogP contribution in [0.15, 0.2) is 46.9 Å². The van der Waals surface area contributed by atoms with Gasteiger partial charge in [0.15, 0.2) is 0 Å². The molecule has 0 aliphatic carbocycles. The van der Waals surface area contributed by atoms with Gasteiger partial charge in [0.1, 0.15) is 5.75 Å². The third-order valence-electron chi connectivity index (χ3n) is 4.84. The number of aryl methyl sites for hydroxylation is 1. The van der Waals surface area contributed by atoms with E-state index in [2.05, 4.69) is 21.2 Å². The zero-order valence-corrected chi connectivity index (χ0v) is 17.8. The van der Waals surface area contributed by atoms with Crippen LogP contribution in [0, 0.1) is 0 Å². The fraction of sp³-hybridized carbons (Fsp3) is 0.318. The lowest BCUT2D eigenvalue weighted by atomic mass is 10.1. The van der Waals surface area contributed by atoms with Crippen molar-refractivity contribution in [3.8, 4) is 5.75 Å². The third-order valence-corrected chi connectivity index (χ3v) is 5.33. The van der Waals surface area contributed by atoms with E-state index in [0.29, 0.717) is 24.1 Å². The highest BCUT2D eigenvalue weighted by atomic mass is 79.9. The Hall–Kier alpha value is -2.67. The van der Waals surface area contributed by atoms with Crippen LogP contribution in [-0.2, 0) is 11.2 Å². The average Bonchev–Trinajstić information content (AvgIpc) is 2.96. The SMILES string of the molecule is COc1ccc(CCCNC(=O)CCCN2C(=O)c3ccc(Br)cc3C2=O)cc1. The predicted octanol–water partition coefficient (Wildman–Crippen LogP) is 3.58. The van der Waals surface area contributed by atoms with E-state index in [1.807, 2.05) is 24.3 Å². The predicted molar refractivity (Wildman–Crippen MR) is 113 cm³/mol. The summed E-state index contributed by atoms with van der Waals surface area (Å²) in [7, 11) is 1.64. The maximum absolute atomic E-state index is 12.4. The van der Waals surface area contributed by atoms with E-state index in [-0.39, 0.29) is 30.7 Å². The van der Waals surface area contributed by atoms with Gasteiger partial charge < -0.3 is 10.1 Å². The van der Waals surface area contributed by atoms with Crippen molar-refractivity contribution in [1.29, 1.82) is 0 Å². The molecule has 0 bridgehead atoms. The summed E-state index contributed by atoms with van der Waals surface area (Å²) in [4.78, 5) is 38.0. The number of nitrogens with zero attached hydrogens (tertiary/aromatic N) is 1. The highest BCUT2D eigenvalue weighted by molar-refractivity contribution is 9.10. The first kappa shape index (κ1) is 21.0. The third kappa shape index (κ3) is 5.23. The van der Waals surface area contributed by atoms with Crippen LogP contribution >= 0.6 is 15.9 Å². The first-order chi connectivity index (χ1) is 14.0. The molecule has 6 nitrogen and oxygen atoms in total. The molecule has 0 fully saturated rings. The van der Waals surface area contributed by atoms with E-state index in [1.54, 1.807) is 25.3 Å². The summed E-state index contributed by atoms with van der Waals surface area (Å²) in [5, 5.41) is 2.89. The van der Waals surface area contributed by atoms with Gasteiger partial charge in [-0.3, -0.25) is 19.3 Å². The van der Waals surface area contributed by atoms with Crippen LogP contribution in [0.1, 0.15) is 45.5 Å². The molecule has 0 atom stereocenters. The number of carbonyl (C=O) groups excluding carboxylic acids is 3. The Bertz CT molecular complexity index is 912. The van der Waals surface area contributed by atoms with Gasteiger partial charge in [0.05, 0.1) is 18.2 Å². The molecule has 2 aromatic rings. The molecule has 0 unspecified atom stereocenters. The number of nitrogens with one attached hydrogen (secondary N) is 1. The molecule has 152 valence electrons. The van der Waals surface area contributed by atoms with Crippen LogP contribution in [0.4, 0.5) is 0 Å². The highest BCUT2D eigenvalue weighted by Gasteiger charge is 2.35. The quantitative estimate of drug-likeness (QED) is 0.460. The number of carbonyl (C=O) groups is 3. The van der Waals surface area contributed by atoms with E-state index in [0.717, 1.165) is 23.1 Å². The molecule has 3 rings (SSSR count). The molecule has 0 aromatic heterocycles. The topological polar surface area (TPSA) is 75.7 Å². The van der Waals surface area contributed by atoms with Gasteiger partial charge in [-0.1, -0.05) is 28.1 Å². The summed E-state index contributed by atoms with van der Waals surface area (Å²) in [6, 6.07) is 12.9. The van der Waals surface area contributed by atoms with E-state index < -0.39 is 0 Å². The Kier molecular flexibility index (Phi) is 7.04. The molecule has 1 heterocycles. The smallest absolute Gasteiger partial charge is 0.261 e. The maximum atomic E-state index is 12.4. The normalized spacial score (nSPS) is 12.8. The summed E-state index contributed by atoms with van der Waals surface area (Å²) in [5.41, 5.74) is 2.02. The first-order valence-corrected chi connectivity index (χ1v) is 10.3. The minimum absolute atomic E-state index is 0.0703. The zero-order chi connectivity index (χ0) is 20.8. The van der Waals surface area contributed by atoms with E-state index in [9.17, 15) is 14.4 Å². The summed E-state index contributed by atoms with van der Waals surface area (Å²) in [5.74, 6) is 0.162. The monoisotopic (exact) mass is 458 g/mol. The Balaban J connectivity index is 1.36. The standard InChI is InChI=1S/C22H23BrN2O4/c1-29-17-9-6-15(7-10-17)4-2-12-24-20(26)5-3-13-25-21(27)18-11-8-16(23)14-19(18)22(25)28/h6-11,14H,2-5,12-13H2,1H3,(H,24,26). The number of halogens is 1. The Morgan fingerprint density at radius 3 is 2.48 bits per heavy atom. The second kappa shape index (κ2) is 9.69. The van der Waals surface area contributed by atoms with Gasteiger partial charge >= 0.3 is 0 Å². The number of imide groups is 1. The van der Waals surface area contributed by atoms with E-state index in [4.69, 9.17) is 4.74 Å². The molecule has 0 saturated heterocycles. The largest absolute Gasteiger partial charge is 0.497 e. The van der Waals surface area contributed by atoms with Crippen molar-refractivity contribution in [1.82, 2.24) is 10.2 Å². The summed E-state index contributed by atoms with van der Waals surface area (Å²) >= 11 is 3.31. The lowest BCUT2D eigenvalue weighted by Gasteiger charge is -2.13. The van der Waals surface area contributed by atoms with Crippen LogP contribution in [0.5, 0.6) is 5.75 Å². The molecule has 0 saturated carbocycles. The van der Waals surface area contributed by atoms with E-state index >= 15 is 0 Å². The average molecular weight is 459 g/mol. The fourth-order valence-corrected chi connectivity index (χ4v) is 3.63. The summed E-state index contributed by atoms with van der Waals surface area (Å²) in [6.07, 6.45) is 2.43. The van der Waals surface area contributed by atoms with Crippen molar-refractivity contribution in [2.45, 2.75) is 25.7 Å². The van der Waals surface area contributed by atoms with Crippen molar-refractivity contribution in [2.24, 2.45) is 0 Å². The van der Waals surface area contributed by atoms with Gasteiger partial charge in [0.25, 0.3) is 11.8 Å². The van der Waals surface area contributed by atoms with Crippen LogP contribution in [-0.4, -0.2) is 42.8 Å². The van der Waals surface area contributed by atoms with Gasteiger partial charge in [0.2, 0.25) is 5.91 Å². The molecule has 7 heteroatoms. The molecule has 3 amide bonds. The summed E-state index contributed by atoms with van der Waals surface area (Å²) in [6.45, 7) is 0.829. The highest BCUT2D eigenvalue weighted by Crippen LogP contribution is 2.26.